The Kier molecular flexibility index (Phi) is 3.30. The van der Waals surface area contributed by atoms with Crippen molar-refractivity contribution in [1.29, 1.82) is 0 Å². The van der Waals surface area contributed by atoms with Gasteiger partial charge < -0.3 is 4.74 Å². The van der Waals surface area contributed by atoms with E-state index in [1.54, 1.807) is 24.3 Å². The standard InChI is InChI=1S/C14H17NO4S/c1-10-2-4-11(5-3-10)20(17,18)15-8-6-12-13(7-9-15)19-14(12)16/h2-5,12-13H,6-9H2,1H3/t12?,13-/m1/s1. The summed E-state index contributed by atoms with van der Waals surface area (Å²) in [4.78, 5) is 11.6. The summed E-state index contributed by atoms with van der Waals surface area (Å²) in [6.07, 6.45) is 1.04. The largest absolute Gasteiger partial charge is 0.461 e. The van der Waals surface area contributed by atoms with E-state index < -0.39 is 10.0 Å². The predicted molar refractivity (Wildman–Crippen MR) is 72.5 cm³/mol. The molecule has 0 aromatic heterocycles. The van der Waals surface area contributed by atoms with E-state index in [1.165, 1.54) is 4.31 Å². The van der Waals surface area contributed by atoms with Gasteiger partial charge in [0.1, 0.15) is 6.10 Å². The van der Waals surface area contributed by atoms with Crippen molar-refractivity contribution < 1.29 is 17.9 Å². The van der Waals surface area contributed by atoms with E-state index in [-0.39, 0.29) is 18.0 Å². The lowest BCUT2D eigenvalue weighted by molar-refractivity contribution is -0.184. The lowest BCUT2D eigenvalue weighted by Gasteiger charge is -2.33. The molecule has 0 amide bonds. The highest BCUT2D eigenvalue weighted by Gasteiger charge is 2.45. The van der Waals surface area contributed by atoms with Gasteiger partial charge in [-0.3, -0.25) is 4.79 Å². The Balaban J connectivity index is 1.81. The summed E-state index contributed by atoms with van der Waals surface area (Å²) in [5, 5.41) is 0. The summed E-state index contributed by atoms with van der Waals surface area (Å²) in [5.41, 5.74) is 1.02. The van der Waals surface area contributed by atoms with Crippen LogP contribution in [0.25, 0.3) is 0 Å². The second-order valence-electron chi connectivity index (χ2n) is 5.38. The van der Waals surface area contributed by atoms with Gasteiger partial charge in [-0.25, -0.2) is 8.42 Å². The van der Waals surface area contributed by atoms with Crippen LogP contribution in [0.4, 0.5) is 0 Å². The lowest BCUT2D eigenvalue weighted by Crippen LogP contribution is -2.44. The van der Waals surface area contributed by atoms with Crippen molar-refractivity contribution >= 4 is 16.0 Å². The number of hydrogen-bond donors (Lipinski definition) is 0. The van der Waals surface area contributed by atoms with Crippen molar-refractivity contribution in [2.45, 2.75) is 30.8 Å². The van der Waals surface area contributed by atoms with Gasteiger partial charge in [0, 0.05) is 13.1 Å². The number of hydrogen-bond acceptors (Lipinski definition) is 4. The molecular formula is C14H17NO4S. The minimum absolute atomic E-state index is 0.0966. The molecule has 2 saturated heterocycles. The highest BCUT2D eigenvalue weighted by atomic mass is 32.2. The minimum atomic E-state index is -3.47. The Morgan fingerprint density at radius 3 is 2.45 bits per heavy atom. The number of ether oxygens (including phenoxy) is 1. The molecule has 2 atom stereocenters. The molecule has 1 aromatic carbocycles. The zero-order chi connectivity index (χ0) is 14.3. The summed E-state index contributed by atoms with van der Waals surface area (Å²) in [5.74, 6) is -0.308. The molecule has 6 heteroatoms. The highest BCUT2D eigenvalue weighted by molar-refractivity contribution is 7.89. The molecule has 2 fully saturated rings. The van der Waals surface area contributed by atoms with Gasteiger partial charge in [-0.15, -0.1) is 0 Å². The van der Waals surface area contributed by atoms with Gasteiger partial charge in [0.25, 0.3) is 0 Å². The maximum Gasteiger partial charge on any atom is 0.313 e. The van der Waals surface area contributed by atoms with E-state index in [0.29, 0.717) is 30.8 Å². The zero-order valence-corrected chi connectivity index (χ0v) is 12.1. The van der Waals surface area contributed by atoms with Gasteiger partial charge in [0.15, 0.2) is 0 Å². The fraction of sp³-hybridized carbons (Fsp3) is 0.500. The van der Waals surface area contributed by atoms with Crippen molar-refractivity contribution in [1.82, 2.24) is 4.31 Å². The molecule has 0 saturated carbocycles. The quantitative estimate of drug-likeness (QED) is 0.772. The molecule has 0 N–H and O–H groups in total. The van der Waals surface area contributed by atoms with Gasteiger partial charge in [-0.05, 0) is 31.9 Å². The fourth-order valence-corrected chi connectivity index (χ4v) is 4.20. The first-order chi connectivity index (χ1) is 9.48. The SMILES string of the molecule is Cc1ccc(S(=O)(=O)N2CCC3C(=O)O[C@@H]3CC2)cc1. The van der Waals surface area contributed by atoms with Gasteiger partial charge >= 0.3 is 5.97 Å². The fourth-order valence-electron chi connectivity index (χ4n) is 2.73. The first kappa shape index (κ1) is 13.6. The van der Waals surface area contributed by atoms with E-state index in [4.69, 9.17) is 4.74 Å². The molecule has 0 aliphatic carbocycles. The van der Waals surface area contributed by atoms with Crippen molar-refractivity contribution in [3.8, 4) is 0 Å². The van der Waals surface area contributed by atoms with Crippen LogP contribution in [0.5, 0.6) is 0 Å². The molecule has 3 rings (SSSR count). The Hall–Kier alpha value is -1.40. The Morgan fingerprint density at radius 2 is 1.80 bits per heavy atom. The second kappa shape index (κ2) is 4.86. The third-order valence-corrected chi connectivity index (χ3v) is 5.94. The van der Waals surface area contributed by atoms with Gasteiger partial charge in [0.2, 0.25) is 10.0 Å². The third-order valence-electron chi connectivity index (χ3n) is 4.03. The normalized spacial score (nSPS) is 27.1. The average molecular weight is 295 g/mol. The molecule has 2 heterocycles. The molecule has 108 valence electrons. The van der Waals surface area contributed by atoms with E-state index >= 15 is 0 Å². The van der Waals surface area contributed by atoms with Crippen LogP contribution in [0.2, 0.25) is 0 Å². The lowest BCUT2D eigenvalue weighted by atomic mass is 9.92. The second-order valence-corrected chi connectivity index (χ2v) is 7.31. The molecule has 20 heavy (non-hydrogen) atoms. The van der Waals surface area contributed by atoms with E-state index in [0.717, 1.165) is 5.56 Å². The first-order valence-corrected chi connectivity index (χ1v) is 8.20. The summed E-state index contributed by atoms with van der Waals surface area (Å²) in [7, 11) is -3.47. The number of rotatable bonds is 2. The molecular weight excluding hydrogens is 278 g/mol. The van der Waals surface area contributed by atoms with Crippen LogP contribution in [0.3, 0.4) is 0 Å². The van der Waals surface area contributed by atoms with Crippen LogP contribution >= 0.6 is 0 Å². The molecule has 1 aromatic rings. The van der Waals surface area contributed by atoms with Crippen LogP contribution in [0, 0.1) is 12.8 Å². The summed E-state index contributed by atoms with van der Waals surface area (Å²) in [6.45, 7) is 2.71. The molecule has 5 nitrogen and oxygen atoms in total. The van der Waals surface area contributed by atoms with E-state index in [2.05, 4.69) is 0 Å². The van der Waals surface area contributed by atoms with Gasteiger partial charge in [-0.2, -0.15) is 4.31 Å². The smallest absolute Gasteiger partial charge is 0.313 e. The van der Waals surface area contributed by atoms with Crippen LogP contribution in [-0.4, -0.2) is 37.9 Å². The third kappa shape index (κ3) is 2.23. The van der Waals surface area contributed by atoms with E-state index in [1.807, 2.05) is 6.92 Å². The molecule has 2 aliphatic heterocycles. The first-order valence-electron chi connectivity index (χ1n) is 6.76. The molecule has 2 aliphatic rings. The Labute approximate surface area is 118 Å². The number of nitrogens with zero attached hydrogens (tertiary/aromatic N) is 1. The van der Waals surface area contributed by atoms with Crippen LogP contribution in [0.1, 0.15) is 18.4 Å². The van der Waals surface area contributed by atoms with E-state index in [9.17, 15) is 13.2 Å². The number of fused-ring (bicyclic) bond motifs is 1. The van der Waals surface area contributed by atoms with Crippen LogP contribution in [-0.2, 0) is 19.6 Å². The number of carbonyl (C=O) groups excluding carboxylic acids is 1. The van der Waals surface area contributed by atoms with Crippen LogP contribution < -0.4 is 0 Å². The van der Waals surface area contributed by atoms with Crippen molar-refractivity contribution in [2.24, 2.45) is 5.92 Å². The molecule has 0 spiro atoms. The number of aryl methyl sites for hydroxylation is 1. The number of carbonyl (C=O) groups is 1. The zero-order valence-electron chi connectivity index (χ0n) is 11.3. The van der Waals surface area contributed by atoms with Crippen molar-refractivity contribution in [2.75, 3.05) is 13.1 Å². The van der Waals surface area contributed by atoms with Crippen LogP contribution in [0.15, 0.2) is 29.2 Å². The number of esters is 1. The van der Waals surface area contributed by atoms with Gasteiger partial charge in [-0.1, -0.05) is 17.7 Å². The topological polar surface area (TPSA) is 63.7 Å². The number of sulfonamides is 1. The average Bonchev–Trinajstić information content (AvgIpc) is 2.58. The summed E-state index contributed by atoms with van der Waals surface area (Å²) < 4.78 is 31.6. The Morgan fingerprint density at radius 1 is 1.15 bits per heavy atom. The predicted octanol–water partition coefficient (Wildman–Crippen LogP) is 1.32. The summed E-state index contributed by atoms with van der Waals surface area (Å²) >= 11 is 0. The van der Waals surface area contributed by atoms with Gasteiger partial charge in [0.05, 0.1) is 10.8 Å². The van der Waals surface area contributed by atoms with Crippen molar-refractivity contribution in [3.05, 3.63) is 29.8 Å². The Bertz CT molecular complexity index is 623. The highest BCUT2D eigenvalue weighted by Crippen LogP contribution is 2.32. The molecule has 1 unspecified atom stereocenters. The molecule has 0 bridgehead atoms. The maximum absolute atomic E-state index is 12.6. The van der Waals surface area contributed by atoms with Crippen molar-refractivity contribution in [3.63, 3.8) is 0 Å². The maximum atomic E-state index is 12.6. The monoisotopic (exact) mass is 295 g/mol. The minimum Gasteiger partial charge on any atom is -0.461 e. The molecule has 0 radical (unpaired) electrons. The number of benzene rings is 1. The summed E-state index contributed by atoms with van der Waals surface area (Å²) in [6, 6.07) is 6.85.